The Kier molecular flexibility index (Phi) is 3.34. The second-order valence-electron chi connectivity index (χ2n) is 6.12. The van der Waals surface area contributed by atoms with Crippen molar-refractivity contribution in [3.8, 4) is 0 Å². The first-order chi connectivity index (χ1) is 9.16. The second-order valence-corrected chi connectivity index (χ2v) is 6.12. The first kappa shape index (κ1) is 14.5. The lowest BCUT2D eigenvalue weighted by Crippen LogP contribution is -2.52. The number of ether oxygens (including phenoxy) is 1. The molecule has 20 heavy (non-hydrogen) atoms. The van der Waals surface area contributed by atoms with Crippen LogP contribution in [0.3, 0.4) is 0 Å². The van der Waals surface area contributed by atoms with E-state index in [1.165, 1.54) is 0 Å². The zero-order chi connectivity index (χ0) is 15.1. The molecule has 0 aromatic heterocycles. The van der Waals surface area contributed by atoms with Gasteiger partial charge in [-0.05, 0) is 38.3 Å². The Hall–Kier alpha value is -1.88. The Bertz CT molecular complexity index is 561. The molecule has 3 N–H and O–H groups in total. The van der Waals surface area contributed by atoms with E-state index in [2.05, 4.69) is 0 Å². The highest BCUT2D eigenvalue weighted by molar-refractivity contribution is 5.91. The fourth-order valence-electron chi connectivity index (χ4n) is 2.58. The standard InChI is InChI=1S/C15H19NO4/c1-14(2,3)20-12(17)11-8-9-6-4-5-7-10(9)15(11,16)13(18)19/h4-7,11H,8,16H2,1-3H3,(H,18,19). The first-order valence-corrected chi connectivity index (χ1v) is 6.50. The van der Waals surface area contributed by atoms with Crippen LogP contribution < -0.4 is 5.73 Å². The minimum Gasteiger partial charge on any atom is -0.480 e. The van der Waals surface area contributed by atoms with E-state index in [0.29, 0.717) is 5.56 Å². The number of carbonyl (C=O) groups excluding carboxylic acids is 1. The van der Waals surface area contributed by atoms with Crippen molar-refractivity contribution in [2.45, 2.75) is 38.3 Å². The molecular formula is C15H19NO4. The Labute approximate surface area is 117 Å². The van der Waals surface area contributed by atoms with Gasteiger partial charge in [0.1, 0.15) is 5.60 Å². The summed E-state index contributed by atoms with van der Waals surface area (Å²) in [5.74, 6) is -2.69. The SMILES string of the molecule is CC(C)(C)OC(=O)C1Cc2ccccc2C1(N)C(=O)O. The molecule has 5 heteroatoms. The van der Waals surface area contributed by atoms with Crippen LogP contribution in [-0.2, 0) is 26.3 Å². The molecule has 0 saturated heterocycles. The highest BCUT2D eigenvalue weighted by Gasteiger charge is 2.54. The lowest BCUT2D eigenvalue weighted by atomic mass is 9.84. The fraction of sp³-hybridized carbons (Fsp3) is 0.467. The van der Waals surface area contributed by atoms with Gasteiger partial charge in [-0.1, -0.05) is 24.3 Å². The molecule has 5 nitrogen and oxygen atoms in total. The van der Waals surface area contributed by atoms with E-state index in [-0.39, 0.29) is 6.42 Å². The van der Waals surface area contributed by atoms with E-state index in [9.17, 15) is 14.7 Å². The number of hydrogen-bond acceptors (Lipinski definition) is 4. The third-order valence-electron chi connectivity index (χ3n) is 3.48. The predicted molar refractivity (Wildman–Crippen MR) is 73.0 cm³/mol. The summed E-state index contributed by atoms with van der Waals surface area (Å²) < 4.78 is 5.32. The van der Waals surface area contributed by atoms with Crippen molar-refractivity contribution >= 4 is 11.9 Å². The first-order valence-electron chi connectivity index (χ1n) is 6.50. The Morgan fingerprint density at radius 2 is 1.95 bits per heavy atom. The predicted octanol–water partition coefficient (Wildman–Crippen LogP) is 1.44. The summed E-state index contributed by atoms with van der Waals surface area (Å²) in [4.78, 5) is 23.9. The van der Waals surface area contributed by atoms with Crippen LogP contribution in [0.25, 0.3) is 0 Å². The van der Waals surface area contributed by atoms with Crippen molar-refractivity contribution in [2.75, 3.05) is 0 Å². The molecule has 1 aliphatic carbocycles. The van der Waals surface area contributed by atoms with E-state index in [0.717, 1.165) is 5.56 Å². The number of aliphatic carboxylic acids is 1. The molecule has 0 heterocycles. The van der Waals surface area contributed by atoms with Gasteiger partial charge in [0.2, 0.25) is 0 Å². The maximum Gasteiger partial charge on any atom is 0.329 e. The average molecular weight is 277 g/mol. The van der Waals surface area contributed by atoms with Crippen LogP contribution >= 0.6 is 0 Å². The molecule has 2 atom stereocenters. The summed E-state index contributed by atoms with van der Waals surface area (Å²) in [6.07, 6.45) is 0.286. The van der Waals surface area contributed by atoms with Crippen LogP contribution in [0.1, 0.15) is 31.9 Å². The van der Waals surface area contributed by atoms with Gasteiger partial charge in [0, 0.05) is 0 Å². The number of carboxylic acids is 1. The molecule has 2 unspecified atom stereocenters. The van der Waals surface area contributed by atoms with Gasteiger partial charge < -0.3 is 15.6 Å². The molecule has 0 radical (unpaired) electrons. The number of esters is 1. The van der Waals surface area contributed by atoms with Crippen molar-refractivity contribution in [1.29, 1.82) is 0 Å². The van der Waals surface area contributed by atoms with Gasteiger partial charge in [0.15, 0.2) is 5.54 Å². The molecule has 0 bridgehead atoms. The summed E-state index contributed by atoms with van der Waals surface area (Å²) in [5, 5.41) is 9.50. The van der Waals surface area contributed by atoms with Gasteiger partial charge in [-0.15, -0.1) is 0 Å². The summed E-state index contributed by atoms with van der Waals surface area (Å²) in [5.41, 5.74) is 4.95. The van der Waals surface area contributed by atoms with E-state index in [4.69, 9.17) is 10.5 Å². The van der Waals surface area contributed by atoms with Crippen LogP contribution in [-0.4, -0.2) is 22.6 Å². The Morgan fingerprint density at radius 1 is 1.35 bits per heavy atom. The summed E-state index contributed by atoms with van der Waals surface area (Å²) in [6.45, 7) is 5.23. The number of fused-ring (bicyclic) bond motifs is 1. The van der Waals surface area contributed by atoms with E-state index >= 15 is 0 Å². The highest BCUT2D eigenvalue weighted by atomic mass is 16.6. The lowest BCUT2D eigenvalue weighted by Gasteiger charge is -2.29. The zero-order valence-electron chi connectivity index (χ0n) is 11.8. The van der Waals surface area contributed by atoms with Crippen LogP contribution in [0.4, 0.5) is 0 Å². The second kappa shape index (κ2) is 4.59. The van der Waals surface area contributed by atoms with Crippen LogP contribution in [0.2, 0.25) is 0 Å². The molecule has 0 fully saturated rings. The van der Waals surface area contributed by atoms with E-state index < -0.39 is 29.0 Å². The third kappa shape index (κ3) is 2.29. The van der Waals surface area contributed by atoms with Gasteiger partial charge in [0.25, 0.3) is 0 Å². The highest BCUT2D eigenvalue weighted by Crippen LogP contribution is 2.41. The van der Waals surface area contributed by atoms with Crippen molar-refractivity contribution in [2.24, 2.45) is 11.7 Å². The molecule has 2 rings (SSSR count). The minimum atomic E-state index is -1.72. The third-order valence-corrected chi connectivity index (χ3v) is 3.48. The molecule has 0 spiro atoms. The quantitative estimate of drug-likeness (QED) is 0.798. The number of carbonyl (C=O) groups is 2. The molecule has 0 aliphatic heterocycles. The smallest absolute Gasteiger partial charge is 0.329 e. The van der Waals surface area contributed by atoms with Crippen molar-refractivity contribution < 1.29 is 19.4 Å². The summed E-state index contributed by atoms with van der Waals surface area (Å²) >= 11 is 0. The number of nitrogens with two attached hydrogens (primary N) is 1. The summed E-state index contributed by atoms with van der Waals surface area (Å²) in [6, 6.07) is 6.98. The molecule has 1 aromatic rings. The molecule has 1 aromatic carbocycles. The fourth-order valence-corrected chi connectivity index (χ4v) is 2.58. The molecule has 1 aliphatic rings. The van der Waals surface area contributed by atoms with Gasteiger partial charge in [-0.2, -0.15) is 0 Å². The Morgan fingerprint density at radius 3 is 2.50 bits per heavy atom. The van der Waals surface area contributed by atoms with E-state index in [1.54, 1.807) is 45.0 Å². The monoisotopic (exact) mass is 277 g/mol. The minimum absolute atomic E-state index is 0.286. The van der Waals surface area contributed by atoms with Crippen LogP contribution in [0.15, 0.2) is 24.3 Å². The maximum absolute atomic E-state index is 12.3. The molecular weight excluding hydrogens is 258 g/mol. The molecule has 108 valence electrons. The largest absolute Gasteiger partial charge is 0.480 e. The van der Waals surface area contributed by atoms with Crippen LogP contribution in [0.5, 0.6) is 0 Å². The molecule has 0 saturated carbocycles. The van der Waals surface area contributed by atoms with Gasteiger partial charge in [0.05, 0.1) is 5.92 Å². The number of benzene rings is 1. The van der Waals surface area contributed by atoms with Crippen molar-refractivity contribution in [1.82, 2.24) is 0 Å². The van der Waals surface area contributed by atoms with Gasteiger partial charge in [-0.3, -0.25) is 4.79 Å². The number of hydrogen-bond donors (Lipinski definition) is 2. The van der Waals surface area contributed by atoms with Crippen LogP contribution in [0, 0.1) is 5.92 Å². The van der Waals surface area contributed by atoms with Crippen molar-refractivity contribution in [3.05, 3.63) is 35.4 Å². The van der Waals surface area contributed by atoms with Gasteiger partial charge >= 0.3 is 11.9 Å². The molecule has 0 amide bonds. The van der Waals surface area contributed by atoms with Crippen molar-refractivity contribution in [3.63, 3.8) is 0 Å². The number of rotatable bonds is 2. The average Bonchev–Trinajstić information content (AvgIpc) is 2.63. The maximum atomic E-state index is 12.3. The van der Waals surface area contributed by atoms with E-state index in [1.807, 2.05) is 0 Å². The Balaban J connectivity index is 2.42. The zero-order valence-corrected chi connectivity index (χ0v) is 11.8. The normalized spacial score (nSPS) is 25.1. The topological polar surface area (TPSA) is 89.6 Å². The number of carboxylic acid groups (broad SMARTS) is 1. The van der Waals surface area contributed by atoms with Gasteiger partial charge in [-0.25, -0.2) is 4.79 Å². The lowest BCUT2D eigenvalue weighted by molar-refractivity contribution is -0.167. The summed E-state index contributed by atoms with van der Waals surface area (Å²) in [7, 11) is 0.